The molecule has 1 aliphatic heterocycles. The second-order valence-electron chi connectivity index (χ2n) is 5.47. The number of hydrogen-bond acceptors (Lipinski definition) is 4. The third-order valence-electron chi connectivity index (χ3n) is 4.01. The van der Waals surface area contributed by atoms with Crippen molar-refractivity contribution < 1.29 is 4.42 Å². The third-order valence-corrected chi connectivity index (χ3v) is 4.26. The van der Waals surface area contributed by atoms with Crippen LogP contribution in [0.1, 0.15) is 23.6 Å². The minimum Gasteiger partial charge on any atom is -0.464 e. The fourth-order valence-corrected chi connectivity index (χ4v) is 2.90. The van der Waals surface area contributed by atoms with Crippen molar-refractivity contribution in [2.75, 3.05) is 0 Å². The maximum Gasteiger partial charge on any atom is 0.198 e. The molecule has 0 aliphatic carbocycles. The van der Waals surface area contributed by atoms with E-state index in [1.165, 1.54) is 6.26 Å². The summed E-state index contributed by atoms with van der Waals surface area (Å²) >= 11 is 5.91. The van der Waals surface area contributed by atoms with Crippen LogP contribution in [0.15, 0.2) is 69.1 Å². The van der Waals surface area contributed by atoms with Crippen LogP contribution in [0.25, 0.3) is 11.0 Å². The van der Waals surface area contributed by atoms with Crippen LogP contribution in [0, 0.1) is 0 Å². The number of hydrogen-bond donors (Lipinski definition) is 1. The van der Waals surface area contributed by atoms with Crippen LogP contribution in [0.4, 0.5) is 0 Å². The highest BCUT2D eigenvalue weighted by Gasteiger charge is 2.24. The minimum absolute atomic E-state index is 0.0168. The van der Waals surface area contributed by atoms with Crippen LogP contribution < -0.4 is 10.9 Å². The van der Waals surface area contributed by atoms with Gasteiger partial charge < -0.3 is 9.84 Å². The molecule has 2 aromatic carbocycles. The van der Waals surface area contributed by atoms with E-state index in [9.17, 15) is 4.79 Å². The van der Waals surface area contributed by atoms with Gasteiger partial charge in [0.25, 0.3) is 0 Å². The number of halogens is 1. The van der Waals surface area contributed by atoms with E-state index in [0.29, 0.717) is 28.0 Å². The zero-order chi connectivity index (χ0) is 15.8. The average molecular weight is 325 g/mol. The summed E-state index contributed by atoms with van der Waals surface area (Å²) in [5.41, 5.74) is 6.11. The molecule has 2 heterocycles. The predicted octanol–water partition coefficient (Wildman–Crippen LogP) is 3.89. The lowest BCUT2D eigenvalue weighted by Gasteiger charge is -2.09. The number of benzene rings is 2. The molecular formula is C18H13ClN2O2. The van der Waals surface area contributed by atoms with Gasteiger partial charge in [-0.2, -0.15) is 5.10 Å². The molecule has 5 heteroatoms. The molecule has 0 saturated carbocycles. The minimum atomic E-state index is -0.179. The smallest absolute Gasteiger partial charge is 0.198 e. The van der Waals surface area contributed by atoms with Crippen LogP contribution in [0.5, 0.6) is 0 Å². The van der Waals surface area contributed by atoms with Gasteiger partial charge in [-0.25, -0.2) is 0 Å². The number of fused-ring (bicyclic) bond motifs is 1. The third kappa shape index (κ3) is 2.51. The molecule has 1 atom stereocenters. The highest BCUT2D eigenvalue weighted by atomic mass is 35.5. The Hall–Kier alpha value is -2.59. The van der Waals surface area contributed by atoms with Gasteiger partial charge in [-0.15, -0.1) is 0 Å². The van der Waals surface area contributed by atoms with E-state index in [1.807, 2.05) is 36.4 Å². The van der Waals surface area contributed by atoms with Crippen molar-refractivity contribution in [3.63, 3.8) is 0 Å². The molecule has 4 nitrogen and oxygen atoms in total. The maximum atomic E-state index is 12.6. The van der Waals surface area contributed by atoms with Crippen LogP contribution in [0.3, 0.4) is 0 Å². The van der Waals surface area contributed by atoms with Gasteiger partial charge in [0.15, 0.2) is 5.43 Å². The summed E-state index contributed by atoms with van der Waals surface area (Å²) in [4.78, 5) is 12.6. The fraction of sp³-hybridized carbons (Fsp3) is 0.111. The lowest BCUT2D eigenvalue weighted by Crippen LogP contribution is -2.19. The summed E-state index contributed by atoms with van der Waals surface area (Å²) in [6.07, 6.45) is 2.16. The molecule has 1 N–H and O–H groups in total. The van der Waals surface area contributed by atoms with E-state index in [2.05, 4.69) is 10.5 Å². The summed E-state index contributed by atoms with van der Waals surface area (Å²) < 4.78 is 5.58. The molecule has 0 unspecified atom stereocenters. The van der Waals surface area contributed by atoms with Crippen molar-refractivity contribution in [2.24, 2.45) is 5.10 Å². The van der Waals surface area contributed by atoms with Gasteiger partial charge >= 0.3 is 0 Å². The molecule has 0 fully saturated rings. The fourth-order valence-electron chi connectivity index (χ4n) is 2.78. The summed E-state index contributed by atoms with van der Waals surface area (Å²) in [5.74, 6) is 0. The van der Waals surface area contributed by atoms with Gasteiger partial charge in [0.2, 0.25) is 0 Å². The Morgan fingerprint density at radius 2 is 1.91 bits per heavy atom. The second kappa shape index (κ2) is 5.56. The monoisotopic (exact) mass is 324 g/mol. The van der Waals surface area contributed by atoms with E-state index in [4.69, 9.17) is 16.0 Å². The number of hydrazone groups is 1. The van der Waals surface area contributed by atoms with Crippen molar-refractivity contribution in [3.8, 4) is 0 Å². The van der Waals surface area contributed by atoms with Crippen molar-refractivity contribution in [1.82, 2.24) is 5.43 Å². The first kappa shape index (κ1) is 14.0. The van der Waals surface area contributed by atoms with E-state index in [-0.39, 0.29) is 11.5 Å². The average Bonchev–Trinajstić information content (AvgIpc) is 3.06. The topological polar surface area (TPSA) is 54.6 Å². The summed E-state index contributed by atoms with van der Waals surface area (Å²) in [6, 6.07) is 14.6. The molecule has 1 aromatic heterocycles. The van der Waals surface area contributed by atoms with Crippen molar-refractivity contribution in [1.29, 1.82) is 0 Å². The molecule has 0 amide bonds. The Balaban J connectivity index is 1.65. The standard InChI is InChI=1S/C18H13ClN2O2/c19-12-7-5-11(6-8-12)15-9-16(21-20-15)14-10-23-17-4-2-1-3-13(17)18(14)22/h1-8,10,16,21H,9H2/t16-/m1/s1. The van der Waals surface area contributed by atoms with E-state index in [0.717, 1.165) is 11.3 Å². The molecule has 0 bridgehead atoms. The molecule has 3 aromatic rings. The zero-order valence-corrected chi connectivity index (χ0v) is 12.9. The molecule has 1 aliphatic rings. The van der Waals surface area contributed by atoms with Crippen molar-refractivity contribution in [2.45, 2.75) is 12.5 Å². The van der Waals surface area contributed by atoms with E-state index >= 15 is 0 Å². The molecule has 0 radical (unpaired) electrons. The molecule has 114 valence electrons. The Bertz CT molecular complexity index is 961. The lowest BCUT2D eigenvalue weighted by molar-refractivity contribution is 0.552. The van der Waals surface area contributed by atoms with Crippen LogP contribution in [0.2, 0.25) is 5.02 Å². The second-order valence-corrected chi connectivity index (χ2v) is 5.90. The van der Waals surface area contributed by atoms with Crippen LogP contribution in [-0.4, -0.2) is 5.71 Å². The SMILES string of the molecule is O=c1c([C@H]2CC(c3ccc(Cl)cc3)=NN2)coc2ccccc12. The molecular weight excluding hydrogens is 312 g/mol. The van der Waals surface area contributed by atoms with Gasteiger partial charge in [-0.05, 0) is 29.8 Å². The number of nitrogens with zero attached hydrogens (tertiary/aromatic N) is 1. The molecule has 0 saturated heterocycles. The van der Waals surface area contributed by atoms with Gasteiger partial charge in [0.05, 0.1) is 22.7 Å². The normalized spacial score (nSPS) is 17.1. The van der Waals surface area contributed by atoms with Crippen molar-refractivity contribution in [3.05, 3.63) is 81.2 Å². The van der Waals surface area contributed by atoms with Gasteiger partial charge in [-0.3, -0.25) is 4.79 Å². The maximum absolute atomic E-state index is 12.6. The van der Waals surface area contributed by atoms with Crippen molar-refractivity contribution >= 4 is 28.3 Å². The molecule has 23 heavy (non-hydrogen) atoms. The van der Waals surface area contributed by atoms with Gasteiger partial charge in [0.1, 0.15) is 11.8 Å². The summed E-state index contributed by atoms with van der Waals surface area (Å²) in [7, 11) is 0. The number of rotatable bonds is 2. The Morgan fingerprint density at radius 1 is 1.13 bits per heavy atom. The van der Waals surface area contributed by atoms with Crippen LogP contribution in [-0.2, 0) is 0 Å². The first-order valence-electron chi connectivity index (χ1n) is 7.31. The largest absolute Gasteiger partial charge is 0.464 e. The van der Waals surface area contributed by atoms with E-state index in [1.54, 1.807) is 12.1 Å². The first-order chi connectivity index (χ1) is 11.2. The quantitative estimate of drug-likeness (QED) is 0.778. The Labute approximate surface area is 137 Å². The van der Waals surface area contributed by atoms with Crippen LogP contribution >= 0.6 is 11.6 Å². The Morgan fingerprint density at radius 3 is 2.74 bits per heavy atom. The zero-order valence-electron chi connectivity index (χ0n) is 12.1. The highest BCUT2D eigenvalue weighted by Crippen LogP contribution is 2.24. The van der Waals surface area contributed by atoms with Gasteiger partial charge in [0, 0.05) is 11.4 Å². The van der Waals surface area contributed by atoms with E-state index < -0.39 is 0 Å². The highest BCUT2D eigenvalue weighted by molar-refractivity contribution is 6.30. The summed E-state index contributed by atoms with van der Waals surface area (Å²) in [6.45, 7) is 0. The lowest BCUT2D eigenvalue weighted by atomic mass is 9.99. The van der Waals surface area contributed by atoms with Gasteiger partial charge in [-0.1, -0.05) is 35.9 Å². The molecule has 0 spiro atoms. The Kier molecular flexibility index (Phi) is 3.39. The number of nitrogens with one attached hydrogen (secondary N) is 1. The summed E-state index contributed by atoms with van der Waals surface area (Å²) in [5, 5.41) is 5.63. The first-order valence-corrected chi connectivity index (χ1v) is 7.68. The predicted molar refractivity (Wildman–Crippen MR) is 91.0 cm³/mol. The molecule has 4 rings (SSSR count). The number of para-hydroxylation sites is 1.